The predicted octanol–water partition coefficient (Wildman–Crippen LogP) is 2.95. The third kappa shape index (κ3) is 3.86. The van der Waals surface area contributed by atoms with Crippen LogP contribution in [-0.2, 0) is 6.54 Å². The monoisotopic (exact) mass is 368 g/mol. The van der Waals surface area contributed by atoms with Gasteiger partial charge in [0.25, 0.3) is 0 Å². The number of halogens is 1. The van der Waals surface area contributed by atoms with Gasteiger partial charge in [-0.1, -0.05) is 23.7 Å². The third-order valence-electron chi connectivity index (χ3n) is 4.62. The molecule has 7 heteroatoms. The van der Waals surface area contributed by atoms with Crippen LogP contribution in [0.15, 0.2) is 48.8 Å². The second-order valence-electron chi connectivity index (χ2n) is 6.61. The number of aryl methyl sites for hydroxylation is 1. The maximum absolute atomic E-state index is 5.81. The van der Waals surface area contributed by atoms with Crippen molar-refractivity contribution in [3.63, 3.8) is 0 Å². The third-order valence-corrected chi connectivity index (χ3v) is 4.82. The SMILES string of the molecule is Cc1cccc(-n2cc(CN3CCN(c4ccc(Cl)nn4)CC3)cn2)c1. The Labute approximate surface area is 158 Å². The lowest BCUT2D eigenvalue weighted by Gasteiger charge is -2.34. The molecule has 2 aromatic heterocycles. The van der Waals surface area contributed by atoms with Gasteiger partial charge in [0, 0.05) is 44.5 Å². The van der Waals surface area contributed by atoms with Crippen LogP contribution in [-0.4, -0.2) is 51.1 Å². The second-order valence-corrected chi connectivity index (χ2v) is 7.00. The average Bonchev–Trinajstić information content (AvgIpc) is 3.12. The molecule has 1 saturated heterocycles. The zero-order valence-corrected chi connectivity index (χ0v) is 15.5. The largest absolute Gasteiger partial charge is 0.353 e. The Bertz CT molecular complexity index is 868. The molecule has 1 aliphatic heterocycles. The van der Waals surface area contributed by atoms with Crippen molar-refractivity contribution in [2.45, 2.75) is 13.5 Å². The minimum atomic E-state index is 0.429. The molecule has 6 nitrogen and oxygen atoms in total. The van der Waals surface area contributed by atoms with Gasteiger partial charge in [-0.15, -0.1) is 10.2 Å². The van der Waals surface area contributed by atoms with E-state index >= 15 is 0 Å². The van der Waals surface area contributed by atoms with E-state index < -0.39 is 0 Å². The molecule has 3 aromatic rings. The standard InChI is InChI=1S/C19H21ClN6/c1-15-3-2-4-17(11-15)26-14-16(12-21-26)13-24-7-9-25(10-8-24)19-6-5-18(20)22-23-19/h2-6,11-12,14H,7-10,13H2,1H3. The summed E-state index contributed by atoms with van der Waals surface area (Å²) in [5.41, 5.74) is 3.56. The molecule has 1 aliphatic rings. The van der Waals surface area contributed by atoms with Crippen LogP contribution >= 0.6 is 11.6 Å². The molecule has 0 radical (unpaired) electrons. The minimum absolute atomic E-state index is 0.429. The number of hydrogen-bond donors (Lipinski definition) is 0. The zero-order chi connectivity index (χ0) is 17.9. The first-order chi connectivity index (χ1) is 12.7. The highest BCUT2D eigenvalue weighted by Gasteiger charge is 2.19. The molecule has 26 heavy (non-hydrogen) atoms. The molecule has 1 fully saturated rings. The Hall–Kier alpha value is -2.44. The molecule has 0 amide bonds. The summed E-state index contributed by atoms with van der Waals surface area (Å²) in [5.74, 6) is 0.890. The van der Waals surface area contributed by atoms with E-state index in [1.165, 1.54) is 11.1 Å². The van der Waals surface area contributed by atoms with E-state index in [2.05, 4.69) is 62.5 Å². The topological polar surface area (TPSA) is 50.1 Å². The van der Waals surface area contributed by atoms with Crippen molar-refractivity contribution >= 4 is 17.4 Å². The van der Waals surface area contributed by atoms with E-state index in [-0.39, 0.29) is 0 Å². The van der Waals surface area contributed by atoms with Gasteiger partial charge in [-0.05, 0) is 36.8 Å². The summed E-state index contributed by atoms with van der Waals surface area (Å²) in [4.78, 5) is 4.69. The molecular formula is C19H21ClN6. The van der Waals surface area contributed by atoms with Gasteiger partial charge in [0.1, 0.15) is 0 Å². The minimum Gasteiger partial charge on any atom is -0.353 e. The smallest absolute Gasteiger partial charge is 0.151 e. The van der Waals surface area contributed by atoms with Crippen LogP contribution in [0.3, 0.4) is 0 Å². The number of aromatic nitrogens is 4. The highest BCUT2D eigenvalue weighted by atomic mass is 35.5. The van der Waals surface area contributed by atoms with Crippen LogP contribution in [0.1, 0.15) is 11.1 Å². The fourth-order valence-corrected chi connectivity index (χ4v) is 3.33. The summed E-state index contributed by atoms with van der Waals surface area (Å²) in [6, 6.07) is 12.1. The lowest BCUT2D eigenvalue weighted by atomic mass is 10.2. The normalized spacial score (nSPS) is 15.4. The first-order valence-electron chi connectivity index (χ1n) is 8.74. The Kier molecular flexibility index (Phi) is 4.86. The maximum atomic E-state index is 5.81. The number of anilines is 1. The van der Waals surface area contributed by atoms with Crippen molar-refractivity contribution in [1.82, 2.24) is 24.9 Å². The molecule has 0 saturated carbocycles. The Balaban J connectivity index is 1.35. The molecule has 0 bridgehead atoms. The van der Waals surface area contributed by atoms with Crippen LogP contribution in [0.2, 0.25) is 5.15 Å². The van der Waals surface area contributed by atoms with Crippen LogP contribution in [0.25, 0.3) is 5.69 Å². The molecule has 0 unspecified atom stereocenters. The van der Waals surface area contributed by atoms with Crippen LogP contribution in [0.4, 0.5) is 5.82 Å². The van der Waals surface area contributed by atoms with Crippen molar-refractivity contribution in [2.75, 3.05) is 31.1 Å². The summed E-state index contributed by atoms with van der Waals surface area (Å²) in [6.45, 7) is 6.84. The highest BCUT2D eigenvalue weighted by Crippen LogP contribution is 2.16. The van der Waals surface area contributed by atoms with E-state index in [4.69, 9.17) is 11.6 Å². The van der Waals surface area contributed by atoms with Gasteiger partial charge >= 0.3 is 0 Å². The van der Waals surface area contributed by atoms with E-state index in [9.17, 15) is 0 Å². The second kappa shape index (κ2) is 7.43. The first-order valence-corrected chi connectivity index (χ1v) is 9.12. The summed E-state index contributed by atoms with van der Waals surface area (Å²) in [7, 11) is 0. The van der Waals surface area contributed by atoms with Gasteiger partial charge in [0.2, 0.25) is 0 Å². The van der Waals surface area contributed by atoms with Gasteiger partial charge in [0.15, 0.2) is 11.0 Å². The molecule has 0 N–H and O–H groups in total. The summed E-state index contributed by atoms with van der Waals surface area (Å²) in [6.07, 6.45) is 4.07. The number of nitrogens with zero attached hydrogens (tertiary/aromatic N) is 6. The molecule has 1 aromatic carbocycles. The summed E-state index contributed by atoms with van der Waals surface area (Å²) in [5, 5.41) is 13.0. The van der Waals surface area contributed by atoms with Crippen molar-refractivity contribution < 1.29 is 0 Å². The molecule has 0 spiro atoms. The molecular weight excluding hydrogens is 348 g/mol. The van der Waals surface area contributed by atoms with Crippen LogP contribution in [0, 0.1) is 6.92 Å². The lowest BCUT2D eigenvalue weighted by Crippen LogP contribution is -2.46. The Morgan fingerprint density at radius 2 is 1.88 bits per heavy atom. The van der Waals surface area contributed by atoms with E-state index in [0.717, 1.165) is 44.2 Å². The van der Waals surface area contributed by atoms with E-state index in [1.807, 2.05) is 16.9 Å². The van der Waals surface area contributed by atoms with Crippen LogP contribution in [0.5, 0.6) is 0 Å². The van der Waals surface area contributed by atoms with Crippen molar-refractivity contribution in [3.8, 4) is 5.69 Å². The molecule has 4 rings (SSSR count). The molecule has 3 heterocycles. The average molecular weight is 369 g/mol. The van der Waals surface area contributed by atoms with Gasteiger partial charge < -0.3 is 4.90 Å². The van der Waals surface area contributed by atoms with Crippen molar-refractivity contribution in [2.24, 2.45) is 0 Å². The zero-order valence-electron chi connectivity index (χ0n) is 14.7. The molecule has 0 atom stereocenters. The molecule has 134 valence electrons. The van der Waals surface area contributed by atoms with E-state index in [0.29, 0.717) is 5.15 Å². The number of hydrogen-bond acceptors (Lipinski definition) is 5. The van der Waals surface area contributed by atoms with Crippen molar-refractivity contribution in [1.29, 1.82) is 0 Å². The molecule has 0 aliphatic carbocycles. The summed E-state index contributed by atoms with van der Waals surface area (Å²) >= 11 is 5.81. The van der Waals surface area contributed by atoms with Gasteiger partial charge in [-0.3, -0.25) is 4.90 Å². The number of piperazine rings is 1. The Morgan fingerprint density at radius 3 is 2.62 bits per heavy atom. The quantitative estimate of drug-likeness (QED) is 0.708. The fraction of sp³-hybridized carbons (Fsp3) is 0.316. The van der Waals surface area contributed by atoms with Gasteiger partial charge in [-0.25, -0.2) is 4.68 Å². The first kappa shape index (κ1) is 17.0. The highest BCUT2D eigenvalue weighted by molar-refractivity contribution is 6.29. The maximum Gasteiger partial charge on any atom is 0.151 e. The van der Waals surface area contributed by atoms with Gasteiger partial charge in [-0.2, -0.15) is 5.10 Å². The Morgan fingerprint density at radius 1 is 1.04 bits per heavy atom. The number of rotatable bonds is 4. The number of benzene rings is 1. The lowest BCUT2D eigenvalue weighted by molar-refractivity contribution is 0.249. The fourth-order valence-electron chi connectivity index (χ4n) is 3.22. The van der Waals surface area contributed by atoms with Gasteiger partial charge in [0.05, 0.1) is 11.9 Å². The summed E-state index contributed by atoms with van der Waals surface area (Å²) < 4.78 is 1.95. The van der Waals surface area contributed by atoms with Crippen molar-refractivity contribution in [3.05, 3.63) is 65.1 Å². The van der Waals surface area contributed by atoms with E-state index in [1.54, 1.807) is 6.07 Å². The van der Waals surface area contributed by atoms with Crippen LogP contribution < -0.4 is 4.90 Å². The predicted molar refractivity (Wildman–Crippen MR) is 103 cm³/mol.